The summed E-state index contributed by atoms with van der Waals surface area (Å²) in [7, 11) is 1.37. The van der Waals surface area contributed by atoms with Crippen molar-refractivity contribution in [1.82, 2.24) is 0 Å². The van der Waals surface area contributed by atoms with Gasteiger partial charge in [0, 0.05) is 10.0 Å². The Morgan fingerprint density at radius 2 is 2.33 bits per heavy atom. The SMILES string of the molecule is COc1c(F)cc(Br)c(C)c1CN=C=O. The molecule has 5 heteroatoms. The number of halogens is 2. The van der Waals surface area contributed by atoms with Gasteiger partial charge in [0.05, 0.1) is 13.7 Å². The molecule has 0 radical (unpaired) electrons. The van der Waals surface area contributed by atoms with Gasteiger partial charge in [0.1, 0.15) is 0 Å². The van der Waals surface area contributed by atoms with Gasteiger partial charge in [-0.2, -0.15) is 0 Å². The number of hydrogen-bond donors (Lipinski definition) is 0. The maximum Gasteiger partial charge on any atom is 0.235 e. The lowest BCUT2D eigenvalue weighted by atomic mass is 10.1. The van der Waals surface area contributed by atoms with Crippen LogP contribution in [0.3, 0.4) is 0 Å². The number of carbonyl (C=O) groups excluding carboxylic acids is 1. The molecule has 1 rings (SSSR count). The van der Waals surface area contributed by atoms with Crippen molar-refractivity contribution in [2.24, 2.45) is 4.99 Å². The van der Waals surface area contributed by atoms with Crippen molar-refractivity contribution < 1.29 is 13.9 Å². The van der Waals surface area contributed by atoms with Crippen molar-refractivity contribution in [3.8, 4) is 5.75 Å². The quantitative estimate of drug-likeness (QED) is 0.628. The molecule has 0 aliphatic rings. The molecular formula is C10H9BrFNO2. The summed E-state index contributed by atoms with van der Waals surface area (Å²) in [6.07, 6.45) is 1.42. The zero-order valence-electron chi connectivity index (χ0n) is 8.30. The summed E-state index contributed by atoms with van der Waals surface area (Å²) in [4.78, 5) is 13.4. The number of ether oxygens (including phenoxy) is 1. The van der Waals surface area contributed by atoms with E-state index in [-0.39, 0.29) is 12.3 Å². The molecule has 0 heterocycles. The van der Waals surface area contributed by atoms with Crippen LogP contribution in [-0.4, -0.2) is 13.2 Å². The van der Waals surface area contributed by atoms with Gasteiger partial charge >= 0.3 is 0 Å². The lowest BCUT2D eigenvalue weighted by molar-refractivity contribution is 0.381. The highest BCUT2D eigenvalue weighted by atomic mass is 79.9. The van der Waals surface area contributed by atoms with Crippen LogP contribution in [0, 0.1) is 12.7 Å². The average Bonchev–Trinajstić information content (AvgIpc) is 2.21. The van der Waals surface area contributed by atoms with E-state index >= 15 is 0 Å². The molecule has 0 spiro atoms. The molecule has 80 valence electrons. The first-order valence-corrected chi connectivity index (χ1v) is 4.96. The van der Waals surface area contributed by atoms with Gasteiger partial charge in [0.15, 0.2) is 11.6 Å². The topological polar surface area (TPSA) is 38.7 Å². The van der Waals surface area contributed by atoms with E-state index < -0.39 is 5.82 Å². The van der Waals surface area contributed by atoms with Gasteiger partial charge in [0.25, 0.3) is 0 Å². The van der Waals surface area contributed by atoms with Crippen molar-refractivity contribution in [3.63, 3.8) is 0 Å². The van der Waals surface area contributed by atoms with Gasteiger partial charge in [-0.25, -0.2) is 14.2 Å². The Hall–Kier alpha value is -1.19. The molecule has 3 nitrogen and oxygen atoms in total. The predicted octanol–water partition coefficient (Wildman–Crippen LogP) is 2.74. The van der Waals surface area contributed by atoms with Crippen molar-refractivity contribution in [1.29, 1.82) is 0 Å². The number of methoxy groups -OCH3 is 1. The molecule has 0 aliphatic heterocycles. The smallest absolute Gasteiger partial charge is 0.235 e. The Morgan fingerprint density at radius 3 is 2.87 bits per heavy atom. The van der Waals surface area contributed by atoms with Crippen LogP contribution in [0.5, 0.6) is 5.75 Å². The Kier molecular flexibility index (Phi) is 4.00. The standard InChI is InChI=1S/C10H9BrFNO2/c1-6-7(4-13-5-14)10(15-2)9(12)3-8(6)11/h3H,4H2,1-2H3. The highest BCUT2D eigenvalue weighted by Crippen LogP contribution is 2.31. The molecule has 0 aromatic heterocycles. The molecule has 15 heavy (non-hydrogen) atoms. The van der Waals surface area contributed by atoms with E-state index in [0.29, 0.717) is 10.0 Å². The third-order valence-electron chi connectivity index (χ3n) is 2.06. The van der Waals surface area contributed by atoms with Gasteiger partial charge in [-0.3, -0.25) is 0 Å². The van der Waals surface area contributed by atoms with Crippen LogP contribution in [0.15, 0.2) is 15.5 Å². The molecule has 0 N–H and O–H groups in total. The fourth-order valence-corrected chi connectivity index (χ4v) is 1.71. The monoisotopic (exact) mass is 273 g/mol. The van der Waals surface area contributed by atoms with Gasteiger partial charge in [-0.1, -0.05) is 15.9 Å². The summed E-state index contributed by atoms with van der Waals surface area (Å²) in [6.45, 7) is 1.86. The molecule has 0 bridgehead atoms. The lowest BCUT2D eigenvalue weighted by Gasteiger charge is -2.11. The molecule has 1 aromatic rings. The van der Waals surface area contributed by atoms with E-state index in [1.807, 2.05) is 0 Å². The van der Waals surface area contributed by atoms with E-state index in [0.717, 1.165) is 5.56 Å². The van der Waals surface area contributed by atoms with Crippen molar-refractivity contribution in [2.75, 3.05) is 7.11 Å². The second-order valence-corrected chi connectivity index (χ2v) is 3.74. The fourth-order valence-electron chi connectivity index (χ4n) is 1.27. The Bertz CT molecular complexity index is 428. The van der Waals surface area contributed by atoms with Gasteiger partial charge in [-0.05, 0) is 18.6 Å². The van der Waals surface area contributed by atoms with E-state index in [4.69, 9.17) is 4.74 Å². The summed E-state index contributed by atoms with van der Waals surface area (Å²) < 4.78 is 19.0. The second-order valence-electron chi connectivity index (χ2n) is 2.88. The van der Waals surface area contributed by atoms with Crippen molar-refractivity contribution >= 4 is 22.0 Å². The van der Waals surface area contributed by atoms with E-state index in [1.165, 1.54) is 19.3 Å². The van der Waals surface area contributed by atoms with Crippen LogP contribution in [0.1, 0.15) is 11.1 Å². The summed E-state index contributed by atoms with van der Waals surface area (Å²) in [5, 5.41) is 0. The number of benzene rings is 1. The molecule has 1 aromatic carbocycles. The number of hydrogen-bond acceptors (Lipinski definition) is 3. The lowest BCUT2D eigenvalue weighted by Crippen LogP contribution is -1.98. The maximum atomic E-state index is 13.4. The zero-order valence-corrected chi connectivity index (χ0v) is 9.89. The molecule has 0 unspecified atom stereocenters. The number of nitrogens with zero attached hydrogens (tertiary/aromatic N) is 1. The molecule has 0 atom stereocenters. The normalized spacial score (nSPS) is 9.60. The number of aliphatic imine (C=N–C) groups is 1. The summed E-state index contributed by atoms with van der Waals surface area (Å²) in [5.74, 6) is -0.360. The second kappa shape index (κ2) is 5.05. The zero-order chi connectivity index (χ0) is 11.4. The highest BCUT2D eigenvalue weighted by molar-refractivity contribution is 9.10. The van der Waals surface area contributed by atoms with E-state index in [2.05, 4.69) is 20.9 Å². The van der Waals surface area contributed by atoms with Gasteiger partial charge < -0.3 is 4.74 Å². The third-order valence-corrected chi connectivity index (χ3v) is 2.88. The van der Waals surface area contributed by atoms with E-state index in [1.54, 1.807) is 6.92 Å². The minimum atomic E-state index is -0.480. The van der Waals surface area contributed by atoms with E-state index in [9.17, 15) is 9.18 Å². The maximum absolute atomic E-state index is 13.4. The fraction of sp³-hybridized carbons (Fsp3) is 0.300. The molecular weight excluding hydrogens is 265 g/mol. The van der Waals surface area contributed by atoms with Crippen molar-refractivity contribution in [2.45, 2.75) is 13.5 Å². The molecule has 0 saturated carbocycles. The minimum absolute atomic E-state index is 0.0644. The summed E-state index contributed by atoms with van der Waals surface area (Å²) >= 11 is 3.22. The van der Waals surface area contributed by atoms with Crippen molar-refractivity contribution in [3.05, 3.63) is 27.5 Å². The van der Waals surface area contributed by atoms with Crippen LogP contribution in [-0.2, 0) is 11.3 Å². The van der Waals surface area contributed by atoms with Crippen LogP contribution in [0.4, 0.5) is 4.39 Å². The molecule has 0 amide bonds. The summed E-state index contributed by atoms with van der Waals surface area (Å²) in [6, 6.07) is 1.32. The predicted molar refractivity (Wildman–Crippen MR) is 57.2 cm³/mol. The minimum Gasteiger partial charge on any atom is -0.493 e. The third kappa shape index (κ3) is 2.43. The first kappa shape index (κ1) is 11.9. The van der Waals surface area contributed by atoms with Crippen LogP contribution in [0.25, 0.3) is 0 Å². The number of isocyanates is 1. The molecule has 0 aliphatic carbocycles. The molecule has 0 saturated heterocycles. The van der Waals surface area contributed by atoms with Crippen LogP contribution >= 0.6 is 15.9 Å². The Labute approximate surface area is 95.1 Å². The Balaban J connectivity index is 3.35. The average molecular weight is 274 g/mol. The largest absolute Gasteiger partial charge is 0.493 e. The van der Waals surface area contributed by atoms with Gasteiger partial charge in [-0.15, -0.1) is 0 Å². The first-order valence-electron chi connectivity index (χ1n) is 4.17. The molecule has 0 fully saturated rings. The Morgan fingerprint density at radius 1 is 1.67 bits per heavy atom. The summed E-state index contributed by atoms with van der Waals surface area (Å²) in [5.41, 5.74) is 1.35. The highest BCUT2D eigenvalue weighted by Gasteiger charge is 2.14. The van der Waals surface area contributed by atoms with Gasteiger partial charge in [0.2, 0.25) is 6.08 Å². The van der Waals surface area contributed by atoms with Crippen LogP contribution in [0.2, 0.25) is 0 Å². The number of rotatable bonds is 3. The first-order chi connectivity index (χ1) is 7.11. The van der Waals surface area contributed by atoms with Crippen LogP contribution < -0.4 is 4.74 Å².